The minimum absolute atomic E-state index is 0.462. The van der Waals surface area contributed by atoms with Crippen LogP contribution >= 0.6 is 12.2 Å². The zero-order chi connectivity index (χ0) is 13.5. The van der Waals surface area contributed by atoms with E-state index in [1.807, 2.05) is 30.3 Å². The van der Waals surface area contributed by atoms with E-state index in [-0.39, 0.29) is 0 Å². The quantitative estimate of drug-likeness (QED) is 0.495. The maximum Gasteiger partial charge on any atom is 0.197 e. The van der Waals surface area contributed by atoms with Gasteiger partial charge in [-0.15, -0.1) is 0 Å². The Balaban J connectivity index is 1.64. The van der Waals surface area contributed by atoms with Gasteiger partial charge in [0.2, 0.25) is 0 Å². The van der Waals surface area contributed by atoms with Crippen LogP contribution in [-0.2, 0) is 6.42 Å². The number of nitrogens with zero attached hydrogens (tertiary/aromatic N) is 1. The minimum Gasteiger partial charge on any atom is -0.369 e. The van der Waals surface area contributed by atoms with Crippen molar-refractivity contribution in [1.82, 2.24) is 15.3 Å². The Labute approximate surface area is 117 Å². The largest absolute Gasteiger partial charge is 0.369 e. The standard InChI is InChI=1S/C13H17N5S/c14-12-16-9-11(17-12)7-4-8-15-13(19)18-10-5-2-1-3-6-10/h1-3,5-6,9H,4,7-8H2,(H3,14,16,17)(H2,15,18,19). The molecule has 19 heavy (non-hydrogen) atoms. The molecule has 1 aromatic heterocycles. The molecule has 0 saturated carbocycles. The van der Waals surface area contributed by atoms with E-state index in [9.17, 15) is 0 Å². The Morgan fingerprint density at radius 3 is 2.79 bits per heavy atom. The molecule has 0 unspecified atom stereocenters. The summed E-state index contributed by atoms with van der Waals surface area (Å²) >= 11 is 5.21. The molecule has 5 N–H and O–H groups in total. The summed E-state index contributed by atoms with van der Waals surface area (Å²) < 4.78 is 0. The summed E-state index contributed by atoms with van der Waals surface area (Å²) in [6.07, 6.45) is 3.61. The fraction of sp³-hybridized carbons (Fsp3) is 0.231. The maximum absolute atomic E-state index is 5.50. The van der Waals surface area contributed by atoms with Crippen molar-refractivity contribution in [3.05, 3.63) is 42.2 Å². The molecule has 0 saturated heterocycles. The lowest BCUT2D eigenvalue weighted by atomic mass is 10.2. The van der Waals surface area contributed by atoms with E-state index < -0.39 is 0 Å². The van der Waals surface area contributed by atoms with Crippen molar-refractivity contribution in [2.75, 3.05) is 17.6 Å². The van der Waals surface area contributed by atoms with Crippen molar-refractivity contribution in [1.29, 1.82) is 0 Å². The first-order valence-electron chi connectivity index (χ1n) is 6.13. The molecule has 5 nitrogen and oxygen atoms in total. The Bertz CT molecular complexity index is 523. The van der Waals surface area contributed by atoms with Gasteiger partial charge in [0.15, 0.2) is 11.1 Å². The lowest BCUT2D eigenvalue weighted by Gasteiger charge is -2.09. The van der Waals surface area contributed by atoms with Gasteiger partial charge in [0, 0.05) is 17.9 Å². The number of nitrogens with one attached hydrogen (secondary N) is 3. The number of nitrogen functional groups attached to an aromatic ring is 1. The van der Waals surface area contributed by atoms with E-state index in [1.54, 1.807) is 6.20 Å². The number of rotatable bonds is 5. The maximum atomic E-state index is 5.50. The molecule has 0 fully saturated rings. The van der Waals surface area contributed by atoms with Crippen LogP contribution in [0.3, 0.4) is 0 Å². The van der Waals surface area contributed by atoms with Gasteiger partial charge in [-0.1, -0.05) is 18.2 Å². The summed E-state index contributed by atoms with van der Waals surface area (Å²) in [6, 6.07) is 9.85. The van der Waals surface area contributed by atoms with Crippen LogP contribution in [0.1, 0.15) is 12.1 Å². The number of hydrogen-bond acceptors (Lipinski definition) is 3. The fourth-order valence-corrected chi connectivity index (χ4v) is 1.90. The second kappa shape index (κ2) is 6.75. The zero-order valence-corrected chi connectivity index (χ0v) is 11.3. The summed E-state index contributed by atoms with van der Waals surface area (Å²) in [6.45, 7) is 0.803. The number of imidazole rings is 1. The lowest BCUT2D eigenvalue weighted by molar-refractivity contribution is 0.766. The first kappa shape index (κ1) is 13.4. The summed E-state index contributed by atoms with van der Waals surface area (Å²) in [5.74, 6) is 0.462. The van der Waals surface area contributed by atoms with E-state index in [0.717, 1.165) is 30.8 Å². The molecular weight excluding hydrogens is 258 g/mol. The van der Waals surface area contributed by atoms with Crippen LogP contribution in [0.15, 0.2) is 36.5 Å². The van der Waals surface area contributed by atoms with Gasteiger partial charge in [-0.05, 0) is 37.2 Å². The van der Waals surface area contributed by atoms with Gasteiger partial charge in [0.1, 0.15) is 0 Å². The fourth-order valence-electron chi connectivity index (χ4n) is 1.68. The highest BCUT2D eigenvalue weighted by Gasteiger charge is 1.99. The van der Waals surface area contributed by atoms with Gasteiger partial charge in [-0.3, -0.25) is 0 Å². The average Bonchev–Trinajstić information content (AvgIpc) is 2.82. The summed E-state index contributed by atoms with van der Waals surface area (Å²) in [7, 11) is 0. The number of benzene rings is 1. The second-order valence-corrected chi connectivity index (χ2v) is 4.55. The van der Waals surface area contributed by atoms with Crippen molar-refractivity contribution in [2.24, 2.45) is 0 Å². The van der Waals surface area contributed by atoms with Crippen molar-refractivity contribution >= 4 is 29.0 Å². The molecule has 100 valence electrons. The van der Waals surface area contributed by atoms with Gasteiger partial charge in [-0.2, -0.15) is 0 Å². The van der Waals surface area contributed by atoms with Crippen molar-refractivity contribution in [3.63, 3.8) is 0 Å². The molecule has 2 rings (SSSR count). The smallest absolute Gasteiger partial charge is 0.197 e. The first-order valence-corrected chi connectivity index (χ1v) is 6.54. The number of aryl methyl sites for hydroxylation is 1. The topological polar surface area (TPSA) is 78.8 Å². The van der Waals surface area contributed by atoms with Gasteiger partial charge in [-0.25, -0.2) is 4.98 Å². The average molecular weight is 275 g/mol. The minimum atomic E-state index is 0.462. The summed E-state index contributed by atoms with van der Waals surface area (Å²) in [5.41, 5.74) is 7.53. The normalized spacial score (nSPS) is 10.1. The first-order chi connectivity index (χ1) is 9.24. The molecule has 0 aliphatic carbocycles. The molecule has 0 spiro atoms. The number of para-hydroxylation sites is 1. The molecule has 6 heteroatoms. The van der Waals surface area contributed by atoms with Gasteiger partial charge < -0.3 is 21.4 Å². The number of aromatic amines is 1. The molecule has 0 aliphatic rings. The number of thiocarbonyl (C=S) groups is 1. The number of H-pyrrole nitrogens is 1. The van der Waals surface area contributed by atoms with Crippen molar-refractivity contribution in [2.45, 2.75) is 12.8 Å². The third-order valence-corrected chi connectivity index (χ3v) is 2.83. The number of anilines is 2. The second-order valence-electron chi connectivity index (χ2n) is 4.14. The third kappa shape index (κ3) is 4.59. The monoisotopic (exact) mass is 275 g/mol. The lowest BCUT2D eigenvalue weighted by Crippen LogP contribution is -2.29. The van der Waals surface area contributed by atoms with Gasteiger partial charge in [0.05, 0.1) is 6.20 Å². The highest BCUT2D eigenvalue weighted by atomic mass is 32.1. The Hall–Kier alpha value is -2.08. The Morgan fingerprint density at radius 1 is 1.32 bits per heavy atom. The van der Waals surface area contributed by atoms with Gasteiger partial charge in [0.25, 0.3) is 0 Å². The molecule has 0 aliphatic heterocycles. The molecule has 0 atom stereocenters. The molecule has 1 aromatic carbocycles. The molecule has 0 radical (unpaired) electrons. The predicted octanol–water partition coefficient (Wildman–Crippen LogP) is 1.91. The SMILES string of the molecule is Nc1ncc(CCCNC(=S)Nc2ccccc2)[nH]1. The van der Waals surface area contributed by atoms with Crippen LogP contribution in [0, 0.1) is 0 Å². The van der Waals surface area contributed by atoms with Crippen LogP contribution in [0.25, 0.3) is 0 Å². The number of nitrogens with two attached hydrogens (primary N) is 1. The van der Waals surface area contributed by atoms with Crippen LogP contribution in [-0.4, -0.2) is 21.6 Å². The van der Waals surface area contributed by atoms with Crippen LogP contribution in [0.5, 0.6) is 0 Å². The van der Waals surface area contributed by atoms with Crippen LogP contribution in [0.2, 0.25) is 0 Å². The highest BCUT2D eigenvalue weighted by molar-refractivity contribution is 7.80. The zero-order valence-electron chi connectivity index (χ0n) is 10.5. The molecule has 0 bridgehead atoms. The highest BCUT2D eigenvalue weighted by Crippen LogP contribution is 2.04. The number of aromatic nitrogens is 2. The van der Waals surface area contributed by atoms with E-state index >= 15 is 0 Å². The predicted molar refractivity (Wildman–Crippen MR) is 82.0 cm³/mol. The van der Waals surface area contributed by atoms with E-state index in [0.29, 0.717) is 11.1 Å². The van der Waals surface area contributed by atoms with Crippen LogP contribution in [0.4, 0.5) is 11.6 Å². The van der Waals surface area contributed by atoms with Crippen molar-refractivity contribution < 1.29 is 0 Å². The Morgan fingerprint density at radius 2 is 2.11 bits per heavy atom. The Kier molecular flexibility index (Phi) is 4.74. The van der Waals surface area contributed by atoms with E-state index in [4.69, 9.17) is 18.0 Å². The summed E-state index contributed by atoms with van der Waals surface area (Å²) in [5, 5.41) is 6.92. The van der Waals surface area contributed by atoms with Gasteiger partial charge >= 0.3 is 0 Å². The van der Waals surface area contributed by atoms with E-state index in [1.165, 1.54) is 0 Å². The molecular formula is C13H17N5S. The summed E-state index contributed by atoms with van der Waals surface area (Å²) in [4.78, 5) is 6.94. The molecule has 2 aromatic rings. The number of hydrogen-bond donors (Lipinski definition) is 4. The third-order valence-electron chi connectivity index (χ3n) is 2.59. The van der Waals surface area contributed by atoms with Crippen molar-refractivity contribution in [3.8, 4) is 0 Å². The van der Waals surface area contributed by atoms with E-state index in [2.05, 4.69) is 20.6 Å². The molecule has 1 heterocycles. The molecule has 0 amide bonds. The van der Waals surface area contributed by atoms with Crippen LogP contribution < -0.4 is 16.4 Å².